The number of aliphatic hydroxyl groups excluding tert-OH is 1. The molecule has 0 aromatic heterocycles. The highest BCUT2D eigenvalue weighted by molar-refractivity contribution is 5.73. The van der Waals surface area contributed by atoms with Crippen LogP contribution in [-0.4, -0.2) is 30.8 Å². The molecule has 0 spiro atoms. The van der Waals surface area contributed by atoms with Gasteiger partial charge in [-0.05, 0) is 18.1 Å². The van der Waals surface area contributed by atoms with Crippen LogP contribution in [0.3, 0.4) is 0 Å². The Morgan fingerprint density at radius 3 is 2.74 bits per heavy atom. The molecule has 4 nitrogen and oxygen atoms in total. The zero-order chi connectivity index (χ0) is 14.3. The minimum atomic E-state index is -0.622. The van der Waals surface area contributed by atoms with E-state index >= 15 is 0 Å². The van der Waals surface area contributed by atoms with Gasteiger partial charge in [0.2, 0.25) is 0 Å². The van der Waals surface area contributed by atoms with Crippen molar-refractivity contribution in [2.75, 3.05) is 19.7 Å². The first-order chi connectivity index (χ1) is 9.04. The topological polar surface area (TPSA) is 61.4 Å². The summed E-state index contributed by atoms with van der Waals surface area (Å²) in [6, 6.07) is 3.02. The maximum Gasteiger partial charge on any atom is 0.314 e. The molecule has 6 heteroatoms. The smallest absolute Gasteiger partial charge is 0.314 e. The zero-order valence-corrected chi connectivity index (χ0v) is 10.7. The van der Waals surface area contributed by atoms with E-state index in [9.17, 15) is 13.6 Å². The van der Waals surface area contributed by atoms with Gasteiger partial charge >= 0.3 is 6.03 Å². The first-order valence-corrected chi connectivity index (χ1v) is 6.12. The van der Waals surface area contributed by atoms with Gasteiger partial charge < -0.3 is 15.7 Å². The Morgan fingerprint density at radius 2 is 2.11 bits per heavy atom. The summed E-state index contributed by atoms with van der Waals surface area (Å²) in [5.74, 6) is -1.50. The standard InChI is InChI=1S/C13H18F2N2O2/c1-9(8-17-13(19)16-5-2-6-18)11-4-3-10(14)7-12(11)15/h3-4,7,9,18H,2,5-6,8H2,1H3,(H2,16,17,19)/t9-/m0/s1. The van der Waals surface area contributed by atoms with Gasteiger partial charge in [0.1, 0.15) is 11.6 Å². The van der Waals surface area contributed by atoms with Gasteiger partial charge in [0.25, 0.3) is 0 Å². The average Bonchev–Trinajstić information content (AvgIpc) is 2.36. The molecule has 19 heavy (non-hydrogen) atoms. The van der Waals surface area contributed by atoms with E-state index in [2.05, 4.69) is 10.6 Å². The Hall–Kier alpha value is -1.69. The summed E-state index contributed by atoms with van der Waals surface area (Å²) in [6.45, 7) is 2.37. The second-order valence-electron chi connectivity index (χ2n) is 4.28. The summed E-state index contributed by atoms with van der Waals surface area (Å²) in [5, 5.41) is 13.7. The van der Waals surface area contributed by atoms with Crippen molar-refractivity contribution in [1.82, 2.24) is 10.6 Å². The first kappa shape index (κ1) is 15.4. The number of benzene rings is 1. The lowest BCUT2D eigenvalue weighted by Crippen LogP contribution is -2.38. The summed E-state index contributed by atoms with van der Waals surface area (Å²) in [7, 11) is 0. The van der Waals surface area contributed by atoms with Crippen molar-refractivity contribution in [1.29, 1.82) is 0 Å². The van der Waals surface area contributed by atoms with E-state index < -0.39 is 11.6 Å². The Balaban J connectivity index is 2.42. The van der Waals surface area contributed by atoms with Crippen LogP contribution in [0.25, 0.3) is 0 Å². The van der Waals surface area contributed by atoms with Crippen LogP contribution in [0, 0.1) is 11.6 Å². The molecular weight excluding hydrogens is 254 g/mol. The van der Waals surface area contributed by atoms with E-state index in [0.717, 1.165) is 6.07 Å². The summed E-state index contributed by atoms with van der Waals surface area (Å²) in [5.41, 5.74) is 0.358. The van der Waals surface area contributed by atoms with Gasteiger partial charge in [-0.15, -0.1) is 0 Å². The maximum atomic E-state index is 13.5. The van der Waals surface area contributed by atoms with Crippen molar-refractivity contribution >= 4 is 6.03 Å². The molecule has 1 aromatic rings. The van der Waals surface area contributed by atoms with Gasteiger partial charge in [-0.1, -0.05) is 13.0 Å². The molecule has 0 aliphatic heterocycles. The summed E-state index contributed by atoms with van der Waals surface area (Å²) < 4.78 is 26.2. The number of aliphatic hydroxyl groups is 1. The molecule has 3 N–H and O–H groups in total. The van der Waals surface area contributed by atoms with E-state index in [-0.39, 0.29) is 25.1 Å². The summed E-state index contributed by atoms with van der Waals surface area (Å²) in [4.78, 5) is 11.3. The second-order valence-corrected chi connectivity index (χ2v) is 4.28. The van der Waals surface area contributed by atoms with E-state index in [1.807, 2.05) is 0 Å². The van der Waals surface area contributed by atoms with Gasteiger partial charge in [-0.2, -0.15) is 0 Å². The molecule has 1 rings (SSSR count). The van der Waals surface area contributed by atoms with Crippen LogP contribution in [-0.2, 0) is 0 Å². The average molecular weight is 272 g/mol. The predicted molar refractivity (Wildman–Crippen MR) is 67.9 cm³/mol. The Bertz CT molecular complexity index is 427. The molecule has 106 valence electrons. The fraction of sp³-hybridized carbons (Fsp3) is 0.462. The zero-order valence-electron chi connectivity index (χ0n) is 10.7. The summed E-state index contributed by atoms with van der Waals surface area (Å²) in [6.07, 6.45) is 0.482. The molecule has 1 atom stereocenters. The molecule has 1 aromatic carbocycles. The van der Waals surface area contributed by atoms with Crippen molar-refractivity contribution in [3.05, 3.63) is 35.4 Å². The lowest BCUT2D eigenvalue weighted by molar-refractivity contribution is 0.237. The van der Waals surface area contributed by atoms with Crippen molar-refractivity contribution in [2.24, 2.45) is 0 Å². The van der Waals surface area contributed by atoms with Crippen LogP contribution in [0.1, 0.15) is 24.8 Å². The molecule has 0 unspecified atom stereocenters. The maximum absolute atomic E-state index is 13.5. The van der Waals surface area contributed by atoms with Crippen molar-refractivity contribution in [3.8, 4) is 0 Å². The minimum absolute atomic E-state index is 0.0114. The Morgan fingerprint density at radius 1 is 1.37 bits per heavy atom. The molecule has 0 aliphatic carbocycles. The molecule has 0 saturated carbocycles. The van der Waals surface area contributed by atoms with E-state index in [4.69, 9.17) is 5.11 Å². The van der Waals surface area contributed by atoms with Crippen LogP contribution < -0.4 is 10.6 Å². The monoisotopic (exact) mass is 272 g/mol. The Kier molecular flexibility index (Phi) is 6.21. The van der Waals surface area contributed by atoms with E-state index in [1.54, 1.807) is 6.92 Å². The SMILES string of the molecule is C[C@@H](CNC(=O)NCCCO)c1ccc(F)cc1F. The summed E-state index contributed by atoms with van der Waals surface area (Å²) >= 11 is 0. The van der Waals surface area contributed by atoms with E-state index in [0.29, 0.717) is 18.5 Å². The molecule has 0 saturated heterocycles. The third-order valence-corrected chi connectivity index (χ3v) is 2.68. The van der Waals surface area contributed by atoms with Crippen LogP contribution in [0.5, 0.6) is 0 Å². The molecule has 0 radical (unpaired) electrons. The highest BCUT2D eigenvalue weighted by Crippen LogP contribution is 2.18. The molecule has 0 fully saturated rings. The number of halogens is 2. The normalized spacial score (nSPS) is 12.0. The number of hydrogen-bond donors (Lipinski definition) is 3. The van der Waals surface area contributed by atoms with Crippen molar-refractivity contribution in [2.45, 2.75) is 19.3 Å². The molecule has 0 aliphatic rings. The molecular formula is C13H18F2N2O2. The van der Waals surface area contributed by atoms with Gasteiger partial charge in [0.15, 0.2) is 0 Å². The van der Waals surface area contributed by atoms with E-state index in [1.165, 1.54) is 12.1 Å². The highest BCUT2D eigenvalue weighted by atomic mass is 19.1. The van der Waals surface area contributed by atoms with Crippen molar-refractivity contribution < 1.29 is 18.7 Å². The van der Waals surface area contributed by atoms with Gasteiger partial charge in [0.05, 0.1) is 0 Å². The van der Waals surface area contributed by atoms with Gasteiger partial charge in [0, 0.05) is 31.7 Å². The van der Waals surface area contributed by atoms with Crippen LogP contribution in [0.15, 0.2) is 18.2 Å². The largest absolute Gasteiger partial charge is 0.396 e. The Labute approximate surface area is 110 Å². The molecule has 0 heterocycles. The number of urea groups is 1. The van der Waals surface area contributed by atoms with Gasteiger partial charge in [-0.3, -0.25) is 0 Å². The quantitative estimate of drug-likeness (QED) is 0.691. The van der Waals surface area contributed by atoms with Crippen molar-refractivity contribution in [3.63, 3.8) is 0 Å². The third-order valence-electron chi connectivity index (χ3n) is 2.68. The number of nitrogens with one attached hydrogen (secondary N) is 2. The first-order valence-electron chi connectivity index (χ1n) is 6.12. The molecule has 0 bridgehead atoms. The number of hydrogen-bond acceptors (Lipinski definition) is 2. The highest BCUT2D eigenvalue weighted by Gasteiger charge is 2.12. The lowest BCUT2D eigenvalue weighted by atomic mass is 10.0. The van der Waals surface area contributed by atoms with Gasteiger partial charge in [-0.25, -0.2) is 13.6 Å². The molecule has 2 amide bonds. The third kappa shape index (κ3) is 5.21. The van der Waals surface area contributed by atoms with Crippen LogP contribution in [0.4, 0.5) is 13.6 Å². The minimum Gasteiger partial charge on any atom is -0.396 e. The fourth-order valence-electron chi connectivity index (χ4n) is 1.60. The fourth-order valence-corrected chi connectivity index (χ4v) is 1.60. The predicted octanol–water partition coefficient (Wildman–Crippen LogP) is 1.75. The van der Waals surface area contributed by atoms with Crippen LogP contribution >= 0.6 is 0 Å². The van der Waals surface area contributed by atoms with Crippen LogP contribution in [0.2, 0.25) is 0 Å². The number of amides is 2. The second kappa shape index (κ2) is 7.68. The number of carbonyl (C=O) groups excluding carboxylic acids is 1. The lowest BCUT2D eigenvalue weighted by Gasteiger charge is -2.14. The number of carbonyl (C=O) groups is 1. The number of rotatable bonds is 6.